The van der Waals surface area contributed by atoms with Gasteiger partial charge in [0, 0.05) is 31.4 Å². The maximum absolute atomic E-state index is 4.22. The van der Waals surface area contributed by atoms with E-state index in [1.54, 1.807) is 0 Å². The molecule has 19 heavy (non-hydrogen) atoms. The molecule has 0 aliphatic rings. The Morgan fingerprint density at radius 2 is 1.95 bits per heavy atom. The van der Waals surface area contributed by atoms with Crippen molar-refractivity contribution < 1.29 is 0 Å². The summed E-state index contributed by atoms with van der Waals surface area (Å²) < 4.78 is 1.86. The second-order valence-electron chi connectivity index (χ2n) is 6.21. The second-order valence-corrected chi connectivity index (χ2v) is 6.21. The third kappa shape index (κ3) is 5.74. The number of hydrogen-bond acceptors (Lipinski definition) is 3. The van der Waals surface area contributed by atoms with E-state index in [2.05, 4.69) is 56.3 Å². The number of rotatable bonds is 8. The van der Waals surface area contributed by atoms with E-state index in [-0.39, 0.29) is 0 Å². The Kier molecular flexibility index (Phi) is 6.52. The summed E-state index contributed by atoms with van der Waals surface area (Å²) in [4.78, 5) is 2.40. The quantitative estimate of drug-likeness (QED) is 0.782. The molecule has 0 saturated heterocycles. The Morgan fingerprint density at radius 3 is 2.47 bits per heavy atom. The lowest BCUT2D eigenvalue weighted by Gasteiger charge is -2.30. The topological polar surface area (TPSA) is 33.1 Å². The molecule has 110 valence electrons. The lowest BCUT2D eigenvalue weighted by Crippen LogP contribution is -2.39. The van der Waals surface area contributed by atoms with Crippen molar-refractivity contribution in [3.63, 3.8) is 0 Å². The van der Waals surface area contributed by atoms with Crippen LogP contribution >= 0.6 is 0 Å². The fraction of sp³-hybridized carbons (Fsp3) is 0.800. The summed E-state index contributed by atoms with van der Waals surface area (Å²) in [6, 6.07) is 0.555. The molecule has 1 heterocycles. The summed E-state index contributed by atoms with van der Waals surface area (Å²) in [6.45, 7) is 12.3. The third-order valence-corrected chi connectivity index (χ3v) is 3.73. The summed E-state index contributed by atoms with van der Waals surface area (Å²) in [5.74, 6) is 1.36. The molecule has 0 amide bonds. The highest BCUT2D eigenvalue weighted by Gasteiger charge is 2.17. The average Bonchev–Trinajstić information content (AvgIpc) is 2.73. The van der Waals surface area contributed by atoms with E-state index >= 15 is 0 Å². The predicted octanol–water partition coefficient (Wildman–Crippen LogP) is 2.12. The number of hydrogen-bond donors (Lipinski definition) is 1. The Bertz CT molecular complexity index is 359. The minimum atomic E-state index is 0.555. The Labute approximate surface area is 118 Å². The van der Waals surface area contributed by atoms with E-state index in [9.17, 15) is 0 Å². The van der Waals surface area contributed by atoms with E-state index in [4.69, 9.17) is 0 Å². The molecule has 0 spiro atoms. The molecular formula is C15H30N4. The largest absolute Gasteiger partial charge is 0.316 e. The standard InChI is InChI=1S/C15H30N4/c1-12(2)7-16-8-13(3)14(4)18(5)10-15-9-17-19(6)11-15/h9,11-14,16H,7-8,10H2,1-6H3. The van der Waals surface area contributed by atoms with Gasteiger partial charge in [-0.15, -0.1) is 0 Å². The zero-order valence-corrected chi connectivity index (χ0v) is 13.3. The fourth-order valence-electron chi connectivity index (χ4n) is 2.19. The van der Waals surface area contributed by atoms with Gasteiger partial charge in [0.15, 0.2) is 0 Å². The van der Waals surface area contributed by atoms with E-state index in [1.165, 1.54) is 5.56 Å². The minimum Gasteiger partial charge on any atom is -0.316 e. The fourth-order valence-corrected chi connectivity index (χ4v) is 2.19. The van der Waals surface area contributed by atoms with Gasteiger partial charge in [0.1, 0.15) is 0 Å². The molecule has 0 radical (unpaired) electrons. The van der Waals surface area contributed by atoms with Crippen molar-refractivity contribution in [3.8, 4) is 0 Å². The highest BCUT2D eigenvalue weighted by atomic mass is 15.2. The lowest BCUT2D eigenvalue weighted by atomic mass is 10.0. The van der Waals surface area contributed by atoms with Crippen LogP contribution in [0.15, 0.2) is 12.4 Å². The molecule has 1 aromatic heterocycles. The van der Waals surface area contributed by atoms with Crippen LogP contribution in [0, 0.1) is 11.8 Å². The molecule has 0 aliphatic carbocycles. The van der Waals surface area contributed by atoms with Crippen LogP contribution < -0.4 is 5.32 Å². The molecule has 4 nitrogen and oxygen atoms in total. The second kappa shape index (κ2) is 7.65. The van der Waals surface area contributed by atoms with Gasteiger partial charge in [0.25, 0.3) is 0 Å². The monoisotopic (exact) mass is 266 g/mol. The summed E-state index contributed by atoms with van der Waals surface area (Å²) in [6.07, 6.45) is 4.04. The third-order valence-electron chi connectivity index (χ3n) is 3.73. The van der Waals surface area contributed by atoms with Gasteiger partial charge in [-0.3, -0.25) is 9.58 Å². The first kappa shape index (κ1) is 16.2. The maximum Gasteiger partial charge on any atom is 0.0534 e. The smallest absolute Gasteiger partial charge is 0.0534 e. The molecule has 1 aromatic rings. The predicted molar refractivity (Wildman–Crippen MR) is 81.0 cm³/mol. The lowest BCUT2D eigenvalue weighted by molar-refractivity contribution is 0.188. The van der Waals surface area contributed by atoms with E-state index in [1.807, 2.05) is 17.9 Å². The van der Waals surface area contributed by atoms with Crippen LogP contribution in [0.25, 0.3) is 0 Å². The Hall–Kier alpha value is -0.870. The van der Waals surface area contributed by atoms with E-state index in [0.717, 1.165) is 25.6 Å². The highest BCUT2D eigenvalue weighted by molar-refractivity contribution is 5.03. The van der Waals surface area contributed by atoms with Gasteiger partial charge in [0.05, 0.1) is 6.20 Å². The molecule has 1 N–H and O–H groups in total. The van der Waals surface area contributed by atoms with Crippen molar-refractivity contribution in [2.45, 2.75) is 40.3 Å². The van der Waals surface area contributed by atoms with Crippen LogP contribution in [0.4, 0.5) is 0 Å². The van der Waals surface area contributed by atoms with Gasteiger partial charge >= 0.3 is 0 Å². The molecule has 4 heteroatoms. The number of aromatic nitrogens is 2. The molecule has 0 bridgehead atoms. The van der Waals surface area contributed by atoms with Crippen LogP contribution in [-0.2, 0) is 13.6 Å². The van der Waals surface area contributed by atoms with Gasteiger partial charge in [0.2, 0.25) is 0 Å². The first-order chi connectivity index (χ1) is 8.90. The molecule has 0 fully saturated rings. The number of nitrogens with one attached hydrogen (secondary N) is 1. The molecule has 1 rings (SSSR count). The molecule has 2 atom stereocenters. The van der Waals surface area contributed by atoms with Gasteiger partial charge in [-0.25, -0.2) is 0 Å². The number of aryl methyl sites for hydroxylation is 1. The van der Waals surface area contributed by atoms with Crippen molar-refractivity contribution in [2.75, 3.05) is 20.1 Å². The molecule has 2 unspecified atom stereocenters. The van der Waals surface area contributed by atoms with Crippen LogP contribution in [0.3, 0.4) is 0 Å². The van der Waals surface area contributed by atoms with Crippen molar-refractivity contribution in [1.82, 2.24) is 20.0 Å². The van der Waals surface area contributed by atoms with Crippen LogP contribution in [0.5, 0.6) is 0 Å². The summed E-state index contributed by atoms with van der Waals surface area (Å²) in [5.41, 5.74) is 1.28. The van der Waals surface area contributed by atoms with Gasteiger partial charge in [-0.2, -0.15) is 5.10 Å². The minimum absolute atomic E-state index is 0.555. The summed E-state index contributed by atoms with van der Waals surface area (Å²) >= 11 is 0. The van der Waals surface area contributed by atoms with Crippen molar-refractivity contribution >= 4 is 0 Å². The van der Waals surface area contributed by atoms with Gasteiger partial charge in [-0.1, -0.05) is 20.8 Å². The van der Waals surface area contributed by atoms with Crippen LogP contribution in [0.1, 0.15) is 33.3 Å². The molecule has 0 aliphatic heterocycles. The van der Waals surface area contributed by atoms with Crippen LogP contribution in [0.2, 0.25) is 0 Å². The van der Waals surface area contributed by atoms with Crippen LogP contribution in [-0.4, -0.2) is 40.9 Å². The average molecular weight is 266 g/mol. The van der Waals surface area contributed by atoms with Gasteiger partial charge < -0.3 is 5.32 Å². The normalized spacial score (nSPS) is 15.2. The molecular weight excluding hydrogens is 236 g/mol. The number of nitrogens with zero attached hydrogens (tertiary/aromatic N) is 3. The first-order valence-corrected chi connectivity index (χ1v) is 7.28. The zero-order valence-electron chi connectivity index (χ0n) is 13.3. The van der Waals surface area contributed by atoms with Crippen molar-refractivity contribution in [1.29, 1.82) is 0 Å². The highest BCUT2D eigenvalue weighted by Crippen LogP contribution is 2.12. The maximum atomic E-state index is 4.22. The van der Waals surface area contributed by atoms with Crippen molar-refractivity contribution in [2.24, 2.45) is 18.9 Å². The Morgan fingerprint density at radius 1 is 1.26 bits per heavy atom. The summed E-state index contributed by atoms with van der Waals surface area (Å²) in [7, 11) is 4.15. The molecule has 0 saturated carbocycles. The molecule has 0 aromatic carbocycles. The van der Waals surface area contributed by atoms with E-state index < -0.39 is 0 Å². The Balaban J connectivity index is 2.36. The van der Waals surface area contributed by atoms with Crippen molar-refractivity contribution in [3.05, 3.63) is 18.0 Å². The summed E-state index contributed by atoms with van der Waals surface area (Å²) in [5, 5.41) is 7.77. The SMILES string of the molecule is CC(C)CNCC(C)C(C)N(C)Cc1cnn(C)c1. The first-order valence-electron chi connectivity index (χ1n) is 7.28. The zero-order chi connectivity index (χ0) is 14.4. The van der Waals surface area contributed by atoms with Gasteiger partial charge in [-0.05, 0) is 38.9 Å². The van der Waals surface area contributed by atoms with E-state index in [0.29, 0.717) is 12.0 Å².